The van der Waals surface area contributed by atoms with Crippen molar-refractivity contribution in [2.75, 3.05) is 17.4 Å². The number of para-hydroxylation sites is 1. The summed E-state index contributed by atoms with van der Waals surface area (Å²) in [6.45, 7) is 4.52. The molecule has 0 saturated carbocycles. The molecule has 0 bridgehead atoms. The normalized spacial score (nSPS) is 23.0. The highest BCUT2D eigenvalue weighted by Crippen LogP contribution is 2.28. The molecule has 1 saturated heterocycles. The van der Waals surface area contributed by atoms with Crippen LogP contribution < -0.4 is 14.8 Å². The fourth-order valence-corrected chi connectivity index (χ4v) is 3.77. The second kappa shape index (κ2) is 4.29. The van der Waals surface area contributed by atoms with E-state index < -0.39 is 10.2 Å². The summed E-state index contributed by atoms with van der Waals surface area (Å²) in [7, 11) is -3.44. The summed E-state index contributed by atoms with van der Waals surface area (Å²) in [4.78, 5) is 0. The lowest BCUT2D eigenvalue weighted by molar-refractivity contribution is 0.583. The Labute approximate surface area is 102 Å². The van der Waals surface area contributed by atoms with E-state index in [0.29, 0.717) is 13.1 Å². The molecule has 1 aliphatic heterocycles. The molecular weight excluding hydrogens is 238 g/mol. The van der Waals surface area contributed by atoms with Crippen LogP contribution in [0, 0.1) is 13.8 Å². The Morgan fingerprint density at radius 2 is 2.00 bits per heavy atom. The molecule has 0 spiro atoms. The van der Waals surface area contributed by atoms with Crippen LogP contribution in [0.2, 0.25) is 0 Å². The molecule has 1 heterocycles. The highest BCUT2D eigenvalue weighted by atomic mass is 32.2. The van der Waals surface area contributed by atoms with E-state index in [-0.39, 0.29) is 6.04 Å². The van der Waals surface area contributed by atoms with E-state index in [0.717, 1.165) is 16.8 Å². The third-order valence-electron chi connectivity index (χ3n) is 2.97. The molecule has 5 nitrogen and oxygen atoms in total. The lowest BCUT2D eigenvalue weighted by atomic mass is 10.1. The van der Waals surface area contributed by atoms with E-state index in [1.54, 1.807) is 0 Å². The van der Waals surface area contributed by atoms with Crippen LogP contribution in [0.1, 0.15) is 11.1 Å². The number of hydrogen-bond acceptors (Lipinski definition) is 3. The summed E-state index contributed by atoms with van der Waals surface area (Å²) in [6, 6.07) is 5.53. The van der Waals surface area contributed by atoms with Gasteiger partial charge < -0.3 is 5.73 Å². The number of rotatable bonds is 2. The van der Waals surface area contributed by atoms with Gasteiger partial charge in [0.25, 0.3) is 0 Å². The smallest absolute Gasteiger partial charge is 0.301 e. The van der Waals surface area contributed by atoms with E-state index in [4.69, 9.17) is 5.73 Å². The number of nitrogens with two attached hydrogens (primary N) is 1. The van der Waals surface area contributed by atoms with Gasteiger partial charge in [0, 0.05) is 6.54 Å². The fraction of sp³-hybridized carbons (Fsp3) is 0.455. The Balaban J connectivity index is 2.47. The van der Waals surface area contributed by atoms with Gasteiger partial charge in [-0.1, -0.05) is 18.2 Å². The monoisotopic (exact) mass is 255 g/mol. The van der Waals surface area contributed by atoms with E-state index in [2.05, 4.69) is 4.72 Å². The van der Waals surface area contributed by atoms with Crippen molar-refractivity contribution in [3.8, 4) is 0 Å². The predicted octanol–water partition coefficient (Wildman–Crippen LogP) is 0.285. The van der Waals surface area contributed by atoms with Gasteiger partial charge in [0.2, 0.25) is 0 Å². The number of hydrogen-bond donors (Lipinski definition) is 2. The van der Waals surface area contributed by atoms with Gasteiger partial charge in [-0.3, -0.25) is 4.31 Å². The van der Waals surface area contributed by atoms with Crippen molar-refractivity contribution in [2.45, 2.75) is 19.9 Å². The Morgan fingerprint density at radius 3 is 2.47 bits per heavy atom. The molecule has 1 aromatic carbocycles. The Bertz CT molecular complexity index is 507. The second-order valence-electron chi connectivity index (χ2n) is 4.33. The molecule has 1 aliphatic rings. The summed E-state index contributed by atoms with van der Waals surface area (Å²) < 4.78 is 28.0. The molecular formula is C11H17N3O2S. The molecule has 17 heavy (non-hydrogen) atoms. The minimum Gasteiger partial charge on any atom is -0.329 e. The zero-order valence-electron chi connectivity index (χ0n) is 9.97. The van der Waals surface area contributed by atoms with E-state index in [9.17, 15) is 8.42 Å². The molecule has 0 aliphatic carbocycles. The van der Waals surface area contributed by atoms with Crippen molar-refractivity contribution in [1.29, 1.82) is 0 Å². The lowest BCUT2D eigenvalue weighted by Gasteiger charge is -2.20. The summed E-state index contributed by atoms with van der Waals surface area (Å²) in [5.74, 6) is 0. The first-order valence-electron chi connectivity index (χ1n) is 5.52. The van der Waals surface area contributed by atoms with E-state index in [1.165, 1.54) is 4.31 Å². The maximum Gasteiger partial charge on any atom is 0.301 e. The topological polar surface area (TPSA) is 75.4 Å². The first-order valence-corrected chi connectivity index (χ1v) is 6.96. The first kappa shape index (κ1) is 12.3. The fourth-order valence-electron chi connectivity index (χ4n) is 2.14. The van der Waals surface area contributed by atoms with Gasteiger partial charge in [-0.15, -0.1) is 0 Å². The molecule has 94 valence electrons. The molecule has 0 amide bonds. The number of benzene rings is 1. The summed E-state index contributed by atoms with van der Waals surface area (Å²) in [5, 5.41) is 0. The van der Waals surface area contributed by atoms with Gasteiger partial charge in [0.15, 0.2) is 0 Å². The highest BCUT2D eigenvalue weighted by Gasteiger charge is 2.35. The molecule has 1 atom stereocenters. The number of anilines is 1. The molecule has 1 aromatic rings. The zero-order valence-corrected chi connectivity index (χ0v) is 10.8. The summed E-state index contributed by atoms with van der Waals surface area (Å²) >= 11 is 0. The summed E-state index contributed by atoms with van der Waals surface area (Å²) in [5.41, 5.74) is 8.18. The highest BCUT2D eigenvalue weighted by molar-refractivity contribution is 7.91. The Morgan fingerprint density at radius 1 is 1.41 bits per heavy atom. The van der Waals surface area contributed by atoms with Gasteiger partial charge in [-0.2, -0.15) is 13.1 Å². The van der Waals surface area contributed by atoms with Gasteiger partial charge >= 0.3 is 10.2 Å². The second-order valence-corrected chi connectivity index (χ2v) is 5.95. The van der Waals surface area contributed by atoms with Crippen molar-refractivity contribution in [3.05, 3.63) is 29.3 Å². The molecule has 3 N–H and O–H groups in total. The van der Waals surface area contributed by atoms with Gasteiger partial charge in [-0.25, -0.2) is 0 Å². The van der Waals surface area contributed by atoms with Crippen molar-refractivity contribution >= 4 is 15.9 Å². The van der Waals surface area contributed by atoms with Crippen LogP contribution in [0.25, 0.3) is 0 Å². The third-order valence-corrected chi connectivity index (χ3v) is 4.51. The minimum absolute atomic E-state index is 0.209. The molecule has 1 fully saturated rings. The van der Waals surface area contributed by atoms with Crippen LogP contribution in [-0.2, 0) is 10.2 Å². The lowest BCUT2D eigenvalue weighted by Crippen LogP contribution is -2.34. The third kappa shape index (κ3) is 2.15. The van der Waals surface area contributed by atoms with Crippen molar-refractivity contribution in [2.24, 2.45) is 5.73 Å². The van der Waals surface area contributed by atoms with Crippen LogP contribution in [0.4, 0.5) is 5.69 Å². The van der Waals surface area contributed by atoms with Crippen LogP contribution in [0.3, 0.4) is 0 Å². The van der Waals surface area contributed by atoms with Crippen LogP contribution in [0.5, 0.6) is 0 Å². The SMILES string of the molecule is Cc1cccc(C)c1N1CC(CN)NS1(=O)=O. The number of nitrogens with zero attached hydrogens (tertiary/aromatic N) is 1. The molecule has 2 rings (SSSR count). The zero-order chi connectivity index (χ0) is 12.6. The molecule has 6 heteroatoms. The maximum absolute atomic E-state index is 12.0. The predicted molar refractivity (Wildman–Crippen MR) is 68.2 cm³/mol. The molecule has 0 aromatic heterocycles. The van der Waals surface area contributed by atoms with Crippen LogP contribution in [-0.4, -0.2) is 27.5 Å². The summed E-state index contributed by atoms with van der Waals surface area (Å²) in [6.07, 6.45) is 0. The van der Waals surface area contributed by atoms with E-state index >= 15 is 0 Å². The number of aryl methyl sites for hydroxylation is 2. The van der Waals surface area contributed by atoms with Crippen molar-refractivity contribution < 1.29 is 8.42 Å². The first-order chi connectivity index (χ1) is 7.95. The van der Waals surface area contributed by atoms with Gasteiger partial charge in [0.05, 0.1) is 18.3 Å². The maximum atomic E-state index is 12.0. The van der Waals surface area contributed by atoms with Gasteiger partial charge in [-0.05, 0) is 25.0 Å². The average Bonchev–Trinajstić information content (AvgIpc) is 2.54. The number of nitrogens with one attached hydrogen (secondary N) is 1. The van der Waals surface area contributed by atoms with E-state index in [1.807, 2.05) is 32.0 Å². The van der Waals surface area contributed by atoms with Crippen LogP contribution >= 0.6 is 0 Å². The van der Waals surface area contributed by atoms with Gasteiger partial charge in [0.1, 0.15) is 0 Å². The molecule has 0 radical (unpaired) electrons. The molecule has 1 unspecified atom stereocenters. The van der Waals surface area contributed by atoms with Crippen molar-refractivity contribution in [3.63, 3.8) is 0 Å². The quantitative estimate of drug-likeness (QED) is 0.797. The van der Waals surface area contributed by atoms with Crippen molar-refractivity contribution in [1.82, 2.24) is 4.72 Å². The van der Waals surface area contributed by atoms with Crippen LogP contribution in [0.15, 0.2) is 18.2 Å². The Hall–Kier alpha value is -1.11. The average molecular weight is 255 g/mol. The largest absolute Gasteiger partial charge is 0.329 e. The standard InChI is InChI=1S/C11H17N3O2S/c1-8-4-3-5-9(2)11(8)14-7-10(6-12)13-17(14,15)16/h3-5,10,13H,6-7,12H2,1-2H3. The minimum atomic E-state index is -3.44. The Kier molecular flexibility index (Phi) is 3.11.